The molecule has 0 unspecified atom stereocenters. The molecule has 0 spiro atoms. The Morgan fingerprint density at radius 1 is 1.38 bits per heavy atom. The Hall–Kier alpha value is -1.30. The third-order valence-electron chi connectivity index (χ3n) is 3.45. The van der Waals surface area contributed by atoms with Crippen LogP contribution in [0, 0.1) is 0 Å². The molecule has 5 nitrogen and oxygen atoms in total. The van der Waals surface area contributed by atoms with Gasteiger partial charge in [0, 0.05) is 6.20 Å². The molecule has 1 amide bonds. The summed E-state index contributed by atoms with van der Waals surface area (Å²) in [5.74, 6) is -1.01. The van der Waals surface area contributed by atoms with Gasteiger partial charge in [-0.25, -0.2) is 4.79 Å². The zero-order valence-corrected chi connectivity index (χ0v) is 13.0. The Morgan fingerprint density at radius 2 is 2.10 bits per heavy atom. The molecule has 0 saturated heterocycles. The van der Waals surface area contributed by atoms with Gasteiger partial charge in [0.15, 0.2) is 0 Å². The fourth-order valence-electron chi connectivity index (χ4n) is 2.50. The van der Waals surface area contributed by atoms with E-state index in [1.165, 1.54) is 18.2 Å². The molecule has 3 heterocycles. The summed E-state index contributed by atoms with van der Waals surface area (Å²) in [7, 11) is 1.23. The number of hydrogen-bond donors (Lipinski definition) is 0. The molecule has 1 aromatic rings. The van der Waals surface area contributed by atoms with E-state index in [0.717, 1.165) is 0 Å². The minimum absolute atomic E-state index is 0.0990. The topological polar surface area (TPSA) is 59.5 Å². The molecule has 0 fully saturated rings. The molecule has 3 atom stereocenters. The van der Waals surface area contributed by atoms with E-state index in [0.29, 0.717) is 11.3 Å². The van der Waals surface area contributed by atoms with Gasteiger partial charge in [-0.1, -0.05) is 11.6 Å². The van der Waals surface area contributed by atoms with Crippen LogP contribution in [0.25, 0.3) is 5.70 Å². The van der Waals surface area contributed by atoms with Crippen LogP contribution in [0.15, 0.2) is 23.9 Å². The Kier molecular flexibility index (Phi) is 3.59. The number of esters is 1. The van der Waals surface area contributed by atoms with E-state index in [2.05, 4.69) is 4.98 Å². The predicted octanol–water partition coefficient (Wildman–Crippen LogP) is 2.21. The van der Waals surface area contributed by atoms with Crippen LogP contribution >= 0.6 is 34.8 Å². The van der Waals surface area contributed by atoms with Gasteiger partial charge in [0.1, 0.15) is 11.2 Å². The van der Waals surface area contributed by atoms with Crippen LogP contribution in [-0.4, -0.2) is 45.1 Å². The standard InChI is InChI=1S/C13H9Cl3N2O3/c1-21-13(20)6-7(14)8(15)11(16)18-10(6)9-5(12(18)19)3-2-4-17-9/h2-4,7-8,11H,1H3/t7-,8+,11+/m0/s1. The van der Waals surface area contributed by atoms with Crippen molar-refractivity contribution in [3.05, 3.63) is 35.2 Å². The molecule has 2 aliphatic heterocycles. The molecule has 3 rings (SSSR count). The number of alkyl halides is 3. The first-order valence-electron chi connectivity index (χ1n) is 6.02. The molecule has 0 aromatic carbocycles. The number of amides is 1. The van der Waals surface area contributed by atoms with Gasteiger partial charge in [-0.2, -0.15) is 0 Å². The van der Waals surface area contributed by atoms with Crippen LogP contribution in [0.4, 0.5) is 0 Å². The second-order valence-electron chi connectivity index (χ2n) is 4.55. The van der Waals surface area contributed by atoms with Crippen molar-refractivity contribution in [3.63, 3.8) is 0 Å². The summed E-state index contributed by atoms with van der Waals surface area (Å²) in [4.78, 5) is 29.9. The lowest BCUT2D eigenvalue weighted by atomic mass is 10.0. The fourth-order valence-corrected chi connectivity index (χ4v) is 3.47. The maximum absolute atomic E-state index is 12.5. The lowest BCUT2D eigenvalue weighted by Gasteiger charge is -2.36. The largest absolute Gasteiger partial charge is 0.466 e. The van der Waals surface area contributed by atoms with Crippen molar-refractivity contribution >= 4 is 52.4 Å². The van der Waals surface area contributed by atoms with Gasteiger partial charge in [0.25, 0.3) is 5.91 Å². The maximum atomic E-state index is 12.5. The molecule has 2 aliphatic rings. The highest BCUT2D eigenvalue weighted by Crippen LogP contribution is 2.45. The first-order valence-corrected chi connectivity index (χ1v) is 7.33. The van der Waals surface area contributed by atoms with E-state index in [-0.39, 0.29) is 17.2 Å². The minimum Gasteiger partial charge on any atom is -0.466 e. The molecular formula is C13H9Cl3N2O3. The second kappa shape index (κ2) is 5.16. The Balaban J connectivity index is 2.31. The van der Waals surface area contributed by atoms with Gasteiger partial charge in [-0.15, -0.1) is 23.2 Å². The number of methoxy groups -OCH3 is 1. The van der Waals surface area contributed by atoms with Crippen LogP contribution in [-0.2, 0) is 9.53 Å². The number of aromatic nitrogens is 1. The quantitative estimate of drug-likeness (QED) is 0.444. The Morgan fingerprint density at radius 3 is 2.76 bits per heavy atom. The molecule has 8 heteroatoms. The van der Waals surface area contributed by atoms with E-state index < -0.39 is 22.2 Å². The van der Waals surface area contributed by atoms with E-state index in [4.69, 9.17) is 39.5 Å². The maximum Gasteiger partial charge on any atom is 0.337 e. The molecule has 0 saturated carbocycles. The summed E-state index contributed by atoms with van der Waals surface area (Å²) < 4.78 is 4.75. The second-order valence-corrected chi connectivity index (χ2v) is 5.97. The minimum atomic E-state index is -0.881. The zero-order valence-electron chi connectivity index (χ0n) is 10.7. The lowest BCUT2D eigenvalue weighted by Crippen LogP contribution is -2.47. The van der Waals surface area contributed by atoms with Crippen LogP contribution < -0.4 is 0 Å². The van der Waals surface area contributed by atoms with Crippen molar-refractivity contribution in [2.45, 2.75) is 16.3 Å². The smallest absolute Gasteiger partial charge is 0.337 e. The Bertz CT molecular complexity index is 676. The third kappa shape index (κ3) is 1.95. The van der Waals surface area contributed by atoms with Crippen LogP contribution in [0.3, 0.4) is 0 Å². The summed E-state index contributed by atoms with van der Waals surface area (Å²) in [5.41, 5.74) is 0.220. The molecule has 21 heavy (non-hydrogen) atoms. The van der Waals surface area contributed by atoms with Gasteiger partial charge in [-0.3, -0.25) is 14.7 Å². The summed E-state index contributed by atoms with van der Waals surface area (Å²) in [6, 6.07) is 3.24. The third-order valence-corrected chi connectivity index (χ3v) is 5.15. The van der Waals surface area contributed by atoms with E-state index in [1.54, 1.807) is 12.1 Å². The number of fused-ring (bicyclic) bond motifs is 3. The molecule has 1 aromatic heterocycles. The van der Waals surface area contributed by atoms with Gasteiger partial charge in [0.05, 0.1) is 34.7 Å². The van der Waals surface area contributed by atoms with Crippen molar-refractivity contribution in [3.8, 4) is 0 Å². The first kappa shape index (κ1) is 14.6. The number of pyridine rings is 1. The highest BCUT2D eigenvalue weighted by molar-refractivity contribution is 6.39. The number of nitrogens with zero attached hydrogens (tertiary/aromatic N) is 2. The van der Waals surface area contributed by atoms with Crippen molar-refractivity contribution in [1.29, 1.82) is 0 Å². The average molecular weight is 348 g/mol. The number of halogens is 3. The van der Waals surface area contributed by atoms with Crippen LogP contribution in [0.5, 0.6) is 0 Å². The number of rotatable bonds is 1. The first-order chi connectivity index (χ1) is 9.99. The highest BCUT2D eigenvalue weighted by atomic mass is 35.5. The van der Waals surface area contributed by atoms with Crippen molar-refractivity contribution in [1.82, 2.24) is 9.88 Å². The SMILES string of the molecule is COC(=O)C1=C2c3ncccc3C(=O)N2[C@@H](Cl)[C@H](Cl)[C@H]1Cl. The van der Waals surface area contributed by atoms with Gasteiger partial charge >= 0.3 is 5.97 Å². The summed E-state index contributed by atoms with van der Waals surface area (Å²) in [6.07, 6.45) is 1.52. The predicted molar refractivity (Wildman–Crippen MR) is 78.3 cm³/mol. The van der Waals surface area contributed by atoms with E-state index >= 15 is 0 Å². The lowest BCUT2D eigenvalue weighted by molar-refractivity contribution is -0.136. The number of carbonyl (C=O) groups is 2. The molecule has 0 radical (unpaired) electrons. The molecular weight excluding hydrogens is 339 g/mol. The van der Waals surface area contributed by atoms with Crippen LogP contribution in [0.2, 0.25) is 0 Å². The molecule has 110 valence electrons. The number of hydrogen-bond acceptors (Lipinski definition) is 4. The molecule has 0 N–H and O–H groups in total. The van der Waals surface area contributed by atoms with Gasteiger partial charge in [0.2, 0.25) is 0 Å². The average Bonchev–Trinajstić information content (AvgIpc) is 2.79. The fraction of sp³-hybridized carbons (Fsp3) is 0.308. The van der Waals surface area contributed by atoms with E-state index in [9.17, 15) is 9.59 Å². The van der Waals surface area contributed by atoms with Crippen molar-refractivity contribution in [2.75, 3.05) is 7.11 Å². The van der Waals surface area contributed by atoms with E-state index in [1.807, 2.05) is 0 Å². The monoisotopic (exact) mass is 346 g/mol. The summed E-state index contributed by atoms with van der Waals surface area (Å²) >= 11 is 18.6. The summed E-state index contributed by atoms with van der Waals surface area (Å²) in [5, 5.41) is -1.71. The van der Waals surface area contributed by atoms with Gasteiger partial charge < -0.3 is 4.74 Å². The molecule has 0 aliphatic carbocycles. The normalized spacial score (nSPS) is 27.5. The van der Waals surface area contributed by atoms with Crippen LogP contribution in [0.1, 0.15) is 16.1 Å². The van der Waals surface area contributed by atoms with Crippen molar-refractivity contribution in [2.24, 2.45) is 0 Å². The number of ether oxygens (including phenoxy) is 1. The van der Waals surface area contributed by atoms with Crippen molar-refractivity contribution < 1.29 is 14.3 Å². The zero-order chi connectivity index (χ0) is 15.3. The highest BCUT2D eigenvalue weighted by Gasteiger charge is 2.50. The van der Waals surface area contributed by atoms with Gasteiger partial charge in [-0.05, 0) is 12.1 Å². The summed E-state index contributed by atoms with van der Waals surface area (Å²) in [6.45, 7) is 0. The molecule has 0 bridgehead atoms. The Labute approximate surface area is 135 Å². The number of carbonyl (C=O) groups excluding carboxylic acids is 2.